The monoisotopic (exact) mass is 325 g/mol. The Hall–Kier alpha value is -1.47. The van der Waals surface area contributed by atoms with Gasteiger partial charge in [-0.25, -0.2) is 8.78 Å². The fourth-order valence-corrected chi connectivity index (χ4v) is 2.22. The molecule has 1 heterocycles. The molecule has 0 unspecified atom stereocenters. The third kappa shape index (κ3) is 3.40. The first kappa shape index (κ1) is 17.9. The van der Waals surface area contributed by atoms with Crippen LogP contribution in [0.2, 0.25) is 0 Å². The molecule has 0 spiro atoms. The summed E-state index contributed by atoms with van der Waals surface area (Å²) >= 11 is 0. The second-order valence-corrected chi connectivity index (χ2v) is 6.70. The highest BCUT2D eigenvalue weighted by molar-refractivity contribution is 6.62. The maximum absolute atomic E-state index is 14.4. The number of rotatable bonds is 4. The number of carbonyl (C=O) groups is 1. The van der Waals surface area contributed by atoms with Gasteiger partial charge in [0.05, 0.1) is 16.8 Å². The molecule has 4 nitrogen and oxygen atoms in total. The van der Waals surface area contributed by atoms with Crippen LogP contribution in [0.5, 0.6) is 0 Å². The van der Waals surface area contributed by atoms with E-state index in [4.69, 9.17) is 9.31 Å². The van der Waals surface area contributed by atoms with Crippen molar-refractivity contribution in [2.45, 2.75) is 52.2 Å². The molecule has 126 valence electrons. The first-order chi connectivity index (χ1) is 10.6. The zero-order valence-electron chi connectivity index (χ0n) is 14.1. The Bertz CT molecular complexity index is 604. The Morgan fingerprint density at radius 2 is 1.70 bits per heavy atom. The summed E-state index contributed by atoms with van der Waals surface area (Å²) < 4.78 is 40.0. The molecule has 2 rings (SSSR count). The van der Waals surface area contributed by atoms with Crippen LogP contribution in [0.15, 0.2) is 12.1 Å². The number of halogens is 2. The highest BCUT2D eigenvalue weighted by atomic mass is 19.1. The number of nitrogens with one attached hydrogen (secondary N) is 1. The van der Waals surface area contributed by atoms with Crippen LogP contribution < -0.4 is 10.8 Å². The maximum Gasteiger partial charge on any atom is 0.497 e. The normalized spacial score (nSPS) is 19.0. The van der Waals surface area contributed by atoms with Gasteiger partial charge >= 0.3 is 7.12 Å². The van der Waals surface area contributed by atoms with Crippen LogP contribution in [0.1, 0.15) is 51.4 Å². The second kappa shape index (κ2) is 6.21. The summed E-state index contributed by atoms with van der Waals surface area (Å²) in [5, 5.41) is 2.52. The number of hydrogen-bond acceptors (Lipinski definition) is 3. The van der Waals surface area contributed by atoms with Gasteiger partial charge in [-0.2, -0.15) is 0 Å². The van der Waals surface area contributed by atoms with E-state index in [1.807, 2.05) is 34.6 Å². The highest BCUT2D eigenvalue weighted by Gasteiger charge is 2.52. The summed E-state index contributed by atoms with van der Waals surface area (Å²) in [6.45, 7) is 9.58. The van der Waals surface area contributed by atoms with E-state index in [0.29, 0.717) is 13.0 Å². The predicted octanol–water partition coefficient (Wildman–Crippen LogP) is 2.40. The van der Waals surface area contributed by atoms with Crippen molar-refractivity contribution in [1.82, 2.24) is 5.32 Å². The maximum atomic E-state index is 14.4. The fourth-order valence-electron chi connectivity index (χ4n) is 2.22. The van der Waals surface area contributed by atoms with Gasteiger partial charge < -0.3 is 14.6 Å². The molecule has 0 aromatic heterocycles. The van der Waals surface area contributed by atoms with Crippen molar-refractivity contribution in [3.63, 3.8) is 0 Å². The summed E-state index contributed by atoms with van der Waals surface area (Å²) in [6, 6.07) is 1.86. The van der Waals surface area contributed by atoms with Crippen molar-refractivity contribution in [3.8, 4) is 0 Å². The molecule has 1 aromatic carbocycles. The molecule has 0 atom stereocenters. The van der Waals surface area contributed by atoms with Gasteiger partial charge in [0.15, 0.2) is 0 Å². The average molecular weight is 325 g/mol. The van der Waals surface area contributed by atoms with Gasteiger partial charge in [-0.1, -0.05) is 6.92 Å². The van der Waals surface area contributed by atoms with Crippen molar-refractivity contribution in [2.24, 2.45) is 0 Å². The van der Waals surface area contributed by atoms with Crippen LogP contribution in [-0.4, -0.2) is 30.8 Å². The second-order valence-electron chi connectivity index (χ2n) is 6.70. The summed E-state index contributed by atoms with van der Waals surface area (Å²) in [6.07, 6.45) is 0.710. The molecule has 7 heteroatoms. The number of hydrogen-bond donors (Lipinski definition) is 1. The molecule has 0 saturated carbocycles. The Labute approximate surface area is 135 Å². The van der Waals surface area contributed by atoms with Crippen LogP contribution in [0.3, 0.4) is 0 Å². The van der Waals surface area contributed by atoms with E-state index in [2.05, 4.69) is 5.32 Å². The lowest BCUT2D eigenvalue weighted by atomic mass is 9.78. The van der Waals surface area contributed by atoms with Crippen molar-refractivity contribution in [3.05, 3.63) is 29.3 Å². The minimum absolute atomic E-state index is 0.0480. The van der Waals surface area contributed by atoms with E-state index in [-0.39, 0.29) is 11.0 Å². The molecule has 1 N–H and O–H groups in total. The van der Waals surface area contributed by atoms with E-state index < -0.39 is 35.9 Å². The molecular weight excluding hydrogens is 303 g/mol. The molecule has 0 aliphatic carbocycles. The van der Waals surface area contributed by atoms with Gasteiger partial charge in [-0.15, -0.1) is 0 Å². The lowest BCUT2D eigenvalue weighted by Crippen LogP contribution is -2.41. The highest BCUT2D eigenvalue weighted by Crippen LogP contribution is 2.36. The van der Waals surface area contributed by atoms with Crippen molar-refractivity contribution < 1.29 is 22.9 Å². The minimum Gasteiger partial charge on any atom is -0.399 e. The van der Waals surface area contributed by atoms with E-state index in [0.717, 1.165) is 12.1 Å². The van der Waals surface area contributed by atoms with Gasteiger partial charge in [0.2, 0.25) is 0 Å². The number of carbonyl (C=O) groups excluding carboxylic acids is 1. The summed E-state index contributed by atoms with van der Waals surface area (Å²) in [5.41, 5.74) is -1.68. The molecule has 23 heavy (non-hydrogen) atoms. The quantitative estimate of drug-likeness (QED) is 0.865. The SMILES string of the molecule is CCCNC(=O)c1cc(F)c(B2OC(C)(C)C(C)(C)O2)cc1F. The minimum atomic E-state index is -1.01. The van der Waals surface area contributed by atoms with Gasteiger partial charge in [-0.05, 0) is 46.2 Å². The molecule has 1 fully saturated rings. The first-order valence-electron chi connectivity index (χ1n) is 7.72. The van der Waals surface area contributed by atoms with Gasteiger partial charge in [0, 0.05) is 12.0 Å². The Morgan fingerprint density at radius 3 is 2.22 bits per heavy atom. The molecule has 1 aliphatic rings. The predicted molar refractivity (Wildman–Crippen MR) is 84.7 cm³/mol. The first-order valence-corrected chi connectivity index (χ1v) is 7.72. The largest absolute Gasteiger partial charge is 0.497 e. The average Bonchev–Trinajstić information content (AvgIpc) is 2.66. The third-order valence-electron chi connectivity index (χ3n) is 4.37. The van der Waals surface area contributed by atoms with E-state index in [9.17, 15) is 13.6 Å². The van der Waals surface area contributed by atoms with Gasteiger partial charge in [0.1, 0.15) is 11.6 Å². The lowest BCUT2D eigenvalue weighted by molar-refractivity contribution is 0.00578. The van der Waals surface area contributed by atoms with Gasteiger partial charge in [-0.3, -0.25) is 4.79 Å². The summed E-state index contributed by atoms with van der Waals surface area (Å²) in [7, 11) is -1.01. The van der Waals surface area contributed by atoms with E-state index in [1.54, 1.807) is 0 Å². The van der Waals surface area contributed by atoms with Crippen molar-refractivity contribution in [1.29, 1.82) is 0 Å². The summed E-state index contributed by atoms with van der Waals surface area (Å²) in [5.74, 6) is -2.17. The fraction of sp³-hybridized carbons (Fsp3) is 0.562. The van der Waals surface area contributed by atoms with Crippen LogP contribution >= 0.6 is 0 Å². The molecule has 1 aliphatic heterocycles. The van der Waals surface area contributed by atoms with Crippen LogP contribution in [0.25, 0.3) is 0 Å². The van der Waals surface area contributed by atoms with Gasteiger partial charge in [0.25, 0.3) is 5.91 Å². The Morgan fingerprint density at radius 1 is 1.13 bits per heavy atom. The Balaban J connectivity index is 2.30. The molecular formula is C16H22BF2NO3. The number of benzene rings is 1. The third-order valence-corrected chi connectivity index (χ3v) is 4.37. The van der Waals surface area contributed by atoms with Crippen LogP contribution in [-0.2, 0) is 9.31 Å². The molecule has 1 amide bonds. The Kier molecular flexibility index (Phi) is 4.82. The van der Waals surface area contributed by atoms with Crippen molar-refractivity contribution in [2.75, 3.05) is 6.54 Å². The molecule has 0 bridgehead atoms. The molecule has 1 aromatic rings. The number of amides is 1. The van der Waals surface area contributed by atoms with Crippen LogP contribution in [0, 0.1) is 11.6 Å². The topological polar surface area (TPSA) is 47.6 Å². The smallest absolute Gasteiger partial charge is 0.399 e. The lowest BCUT2D eigenvalue weighted by Gasteiger charge is -2.32. The summed E-state index contributed by atoms with van der Waals surface area (Å²) in [4.78, 5) is 11.8. The zero-order valence-corrected chi connectivity index (χ0v) is 14.1. The van der Waals surface area contributed by atoms with Crippen LogP contribution in [0.4, 0.5) is 8.78 Å². The molecule has 0 radical (unpaired) electrons. The van der Waals surface area contributed by atoms with E-state index in [1.165, 1.54) is 0 Å². The molecule has 1 saturated heterocycles. The zero-order chi connectivity index (χ0) is 17.4. The van der Waals surface area contributed by atoms with Crippen molar-refractivity contribution >= 4 is 18.5 Å². The standard InChI is InChI=1S/C16H22BF2NO3/c1-6-7-20-14(21)10-8-13(19)11(9-12(10)18)17-22-15(2,3)16(4,5)23-17/h8-9H,6-7H2,1-5H3,(H,20,21). The van der Waals surface area contributed by atoms with E-state index >= 15 is 0 Å².